The minimum Gasteiger partial charge on any atom is -0.508 e. The molecule has 4 nitrogen and oxygen atoms in total. The van der Waals surface area contributed by atoms with Crippen molar-refractivity contribution >= 4 is 10.0 Å². The van der Waals surface area contributed by atoms with Crippen LogP contribution in [-0.2, 0) is 10.0 Å². The lowest BCUT2D eigenvalue weighted by molar-refractivity contribution is -0.121. The van der Waals surface area contributed by atoms with E-state index in [0.717, 1.165) is 6.07 Å². The van der Waals surface area contributed by atoms with Gasteiger partial charge >= 0.3 is 6.18 Å². The number of benzene rings is 1. The summed E-state index contributed by atoms with van der Waals surface area (Å²) in [6, 6.07) is 3.34. The summed E-state index contributed by atoms with van der Waals surface area (Å²) in [5.41, 5.74) is 0.428. The van der Waals surface area contributed by atoms with E-state index < -0.39 is 27.6 Å². The number of phenolic OH excluding ortho intramolecular Hbond substituents is 1. The van der Waals surface area contributed by atoms with Crippen molar-refractivity contribution < 1.29 is 26.7 Å². The van der Waals surface area contributed by atoms with Gasteiger partial charge in [0.1, 0.15) is 12.3 Å². The first-order valence-electron chi connectivity index (χ1n) is 4.47. The van der Waals surface area contributed by atoms with Gasteiger partial charge in [-0.05, 0) is 30.7 Å². The maximum absolute atomic E-state index is 11.9. The van der Waals surface area contributed by atoms with Gasteiger partial charge in [0.25, 0.3) is 0 Å². The molecule has 0 saturated carbocycles. The van der Waals surface area contributed by atoms with Gasteiger partial charge in [0.05, 0.1) is 4.90 Å². The van der Waals surface area contributed by atoms with Gasteiger partial charge in [-0.15, -0.1) is 0 Å². The summed E-state index contributed by atoms with van der Waals surface area (Å²) in [6.45, 7) is -0.132. The van der Waals surface area contributed by atoms with Crippen LogP contribution in [0.25, 0.3) is 0 Å². The summed E-state index contributed by atoms with van der Waals surface area (Å²) in [7, 11) is -4.27. The zero-order valence-electron chi connectivity index (χ0n) is 8.75. The summed E-state index contributed by atoms with van der Waals surface area (Å²) >= 11 is 0. The van der Waals surface area contributed by atoms with Crippen molar-refractivity contribution in [1.29, 1.82) is 0 Å². The van der Waals surface area contributed by atoms with Crippen LogP contribution in [0, 0.1) is 6.92 Å². The van der Waals surface area contributed by atoms with Gasteiger partial charge in [0.15, 0.2) is 0 Å². The zero-order valence-corrected chi connectivity index (χ0v) is 9.56. The molecule has 0 spiro atoms. The van der Waals surface area contributed by atoms with E-state index >= 15 is 0 Å². The first kappa shape index (κ1) is 13.8. The second-order valence-corrected chi connectivity index (χ2v) is 5.21. The van der Waals surface area contributed by atoms with Gasteiger partial charge in [0.2, 0.25) is 10.0 Å². The molecule has 0 fully saturated rings. The SMILES string of the molecule is Cc1cc(O)cc(S(=O)(=O)NCC(F)(F)F)c1. The van der Waals surface area contributed by atoms with Crippen LogP contribution in [0.4, 0.5) is 13.2 Å². The largest absolute Gasteiger partial charge is 0.508 e. The van der Waals surface area contributed by atoms with Crippen LogP contribution in [0.3, 0.4) is 0 Å². The van der Waals surface area contributed by atoms with Crippen LogP contribution in [0.2, 0.25) is 0 Å². The lowest BCUT2D eigenvalue weighted by Gasteiger charge is -2.10. The highest BCUT2D eigenvalue weighted by Gasteiger charge is 2.30. The van der Waals surface area contributed by atoms with Crippen molar-refractivity contribution in [2.45, 2.75) is 18.0 Å². The predicted molar refractivity (Wildman–Crippen MR) is 54.1 cm³/mol. The number of aromatic hydroxyl groups is 1. The average Bonchev–Trinajstić information content (AvgIpc) is 2.12. The summed E-state index contributed by atoms with van der Waals surface area (Å²) in [4.78, 5) is -0.403. The highest BCUT2D eigenvalue weighted by atomic mass is 32.2. The van der Waals surface area contributed by atoms with Crippen molar-refractivity contribution in [1.82, 2.24) is 4.72 Å². The normalized spacial score (nSPS) is 12.7. The number of nitrogens with one attached hydrogen (secondary N) is 1. The molecule has 0 aliphatic rings. The van der Waals surface area contributed by atoms with Crippen molar-refractivity contribution in [3.63, 3.8) is 0 Å². The molecule has 96 valence electrons. The van der Waals surface area contributed by atoms with E-state index in [1.54, 1.807) is 0 Å². The third-order valence-corrected chi connectivity index (χ3v) is 3.19. The zero-order chi connectivity index (χ0) is 13.3. The topological polar surface area (TPSA) is 66.4 Å². The molecule has 0 aliphatic heterocycles. The molecular weight excluding hydrogens is 259 g/mol. The lowest BCUT2D eigenvalue weighted by atomic mass is 10.2. The molecule has 2 N–H and O–H groups in total. The minimum absolute atomic E-state index is 0.322. The molecule has 0 unspecified atom stereocenters. The lowest BCUT2D eigenvalue weighted by Crippen LogP contribution is -2.33. The van der Waals surface area contributed by atoms with E-state index in [9.17, 15) is 26.7 Å². The van der Waals surface area contributed by atoms with Crippen LogP contribution in [-0.4, -0.2) is 26.2 Å². The summed E-state index contributed by atoms with van der Waals surface area (Å²) in [5, 5.41) is 9.17. The van der Waals surface area contributed by atoms with E-state index in [1.165, 1.54) is 23.8 Å². The standard InChI is InChI=1S/C9H10F3NO3S/c1-6-2-7(14)4-8(3-6)17(15,16)13-5-9(10,11)12/h2-4,13-14H,5H2,1H3. The monoisotopic (exact) mass is 269 g/mol. The molecule has 0 heterocycles. The third-order valence-electron chi connectivity index (χ3n) is 1.81. The highest BCUT2D eigenvalue weighted by molar-refractivity contribution is 7.89. The number of alkyl halides is 3. The molecule has 17 heavy (non-hydrogen) atoms. The van der Waals surface area contributed by atoms with E-state index in [0.29, 0.717) is 5.56 Å². The average molecular weight is 269 g/mol. The number of aryl methyl sites for hydroxylation is 1. The second kappa shape index (κ2) is 4.53. The fourth-order valence-corrected chi connectivity index (χ4v) is 2.28. The molecule has 0 atom stereocenters. The van der Waals surface area contributed by atoms with E-state index in [2.05, 4.69) is 0 Å². The summed E-state index contributed by atoms with van der Waals surface area (Å²) in [6.07, 6.45) is -4.63. The Hall–Kier alpha value is -1.28. The molecule has 8 heteroatoms. The Kier molecular flexibility index (Phi) is 3.68. The van der Waals surface area contributed by atoms with Crippen LogP contribution >= 0.6 is 0 Å². The molecular formula is C9H10F3NO3S. The molecule has 0 saturated heterocycles. The molecule has 1 aromatic carbocycles. The van der Waals surface area contributed by atoms with E-state index in [-0.39, 0.29) is 5.75 Å². The second-order valence-electron chi connectivity index (χ2n) is 3.44. The summed E-state index contributed by atoms with van der Waals surface area (Å²) < 4.78 is 60.0. The Morgan fingerprint density at radius 2 is 1.88 bits per heavy atom. The van der Waals surface area contributed by atoms with Crippen LogP contribution in [0.5, 0.6) is 5.75 Å². The molecule has 0 aliphatic carbocycles. The number of phenols is 1. The Balaban J connectivity index is 2.98. The Morgan fingerprint density at radius 1 is 1.29 bits per heavy atom. The molecule has 0 aromatic heterocycles. The summed E-state index contributed by atoms with van der Waals surface area (Å²) in [5.74, 6) is -0.322. The van der Waals surface area contributed by atoms with Crippen LogP contribution < -0.4 is 4.72 Å². The van der Waals surface area contributed by atoms with Gasteiger partial charge in [0, 0.05) is 0 Å². The molecule has 0 bridgehead atoms. The minimum atomic E-state index is -4.63. The first-order chi connectivity index (χ1) is 7.60. The van der Waals surface area contributed by atoms with E-state index in [4.69, 9.17) is 0 Å². The van der Waals surface area contributed by atoms with E-state index in [1.807, 2.05) is 0 Å². The molecule has 1 rings (SSSR count). The molecule has 1 aromatic rings. The Labute approximate surface area is 96.1 Å². The molecule has 0 amide bonds. The molecule has 0 radical (unpaired) electrons. The van der Waals surface area contributed by atoms with Gasteiger partial charge < -0.3 is 5.11 Å². The smallest absolute Gasteiger partial charge is 0.402 e. The first-order valence-corrected chi connectivity index (χ1v) is 5.95. The highest BCUT2D eigenvalue weighted by Crippen LogP contribution is 2.20. The number of hydrogen-bond acceptors (Lipinski definition) is 3. The Bertz CT molecular complexity index is 490. The van der Waals surface area contributed by atoms with Crippen LogP contribution in [0.1, 0.15) is 5.56 Å². The number of hydrogen-bond donors (Lipinski definition) is 2. The van der Waals surface area contributed by atoms with Gasteiger partial charge in [-0.25, -0.2) is 13.1 Å². The third kappa shape index (κ3) is 4.23. The van der Waals surface area contributed by atoms with Gasteiger partial charge in [-0.1, -0.05) is 0 Å². The number of rotatable bonds is 3. The Morgan fingerprint density at radius 3 is 2.35 bits per heavy atom. The maximum Gasteiger partial charge on any atom is 0.402 e. The quantitative estimate of drug-likeness (QED) is 0.874. The van der Waals surface area contributed by atoms with Gasteiger partial charge in [-0.2, -0.15) is 13.2 Å². The fraction of sp³-hybridized carbons (Fsp3) is 0.333. The van der Waals surface area contributed by atoms with Crippen molar-refractivity contribution in [2.75, 3.05) is 6.54 Å². The van der Waals surface area contributed by atoms with Gasteiger partial charge in [-0.3, -0.25) is 0 Å². The van der Waals surface area contributed by atoms with Crippen molar-refractivity contribution in [2.24, 2.45) is 0 Å². The van der Waals surface area contributed by atoms with Crippen molar-refractivity contribution in [3.8, 4) is 5.75 Å². The number of halogens is 3. The predicted octanol–water partition coefficient (Wildman–Crippen LogP) is 1.54. The van der Waals surface area contributed by atoms with Crippen LogP contribution in [0.15, 0.2) is 23.1 Å². The fourth-order valence-electron chi connectivity index (χ4n) is 1.14. The maximum atomic E-state index is 11.9. The van der Waals surface area contributed by atoms with Crippen molar-refractivity contribution in [3.05, 3.63) is 23.8 Å². The number of sulfonamides is 1.